The van der Waals surface area contributed by atoms with E-state index in [0.29, 0.717) is 12.2 Å². The molecular weight excluding hydrogens is 316 g/mol. The molecule has 0 amide bonds. The first kappa shape index (κ1) is 18.8. The van der Waals surface area contributed by atoms with Crippen LogP contribution in [0.1, 0.15) is 38.8 Å². The van der Waals surface area contributed by atoms with E-state index in [-0.39, 0.29) is 11.2 Å². The Bertz CT molecular complexity index is 711. The fraction of sp³-hybridized carbons (Fsp3) is 0.381. The summed E-state index contributed by atoms with van der Waals surface area (Å²) in [6, 6.07) is 14.5. The molecule has 0 spiro atoms. The Hall–Kier alpha value is -2.49. The highest BCUT2D eigenvalue weighted by Gasteiger charge is 2.37. The number of rotatable bonds is 5. The molecule has 0 bridgehead atoms. The summed E-state index contributed by atoms with van der Waals surface area (Å²) in [7, 11) is 1.35. The molecule has 1 unspecified atom stereocenters. The van der Waals surface area contributed by atoms with Gasteiger partial charge in [-0.2, -0.15) is 0 Å². The van der Waals surface area contributed by atoms with Gasteiger partial charge in [-0.25, -0.2) is 4.79 Å². The number of benzene rings is 2. The lowest BCUT2D eigenvalue weighted by Gasteiger charge is -2.28. The second kappa shape index (κ2) is 7.18. The minimum atomic E-state index is -1.16. The predicted molar refractivity (Wildman–Crippen MR) is 98.0 cm³/mol. The molecule has 134 valence electrons. The molecule has 0 aliphatic carbocycles. The number of aromatic hydroxyl groups is 1. The maximum atomic E-state index is 12.3. The van der Waals surface area contributed by atoms with Crippen LogP contribution in [0.4, 0.5) is 0 Å². The Balaban J connectivity index is 2.25. The number of ether oxygens (including phenoxy) is 2. The molecule has 4 heteroatoms. The van der Waals surface area contributed by atoms with E-state index in [1.807, 2.05) is 24.3 Å². The van der Waals surface area contributed by atoms with Crippen LogP contribution in [-0.2, 0) is 21.4 Å². The van der Waals surface area contributed by atoms with E-state index in [0.717, 1.165) is 5.56 Å². The molecule has 25 heavy (non-hydrogen) atoms. The first-order valence-corrected chi connectivity index (χ1v) is 8.30. The Labute approximate surface area is 149 Å². The van der Waals surface area contributed by atoms with Crippen molar-refractivity contribution in [3.63, 3.8) is 0 Å². The zero-order chi connectivity index (χ0) is 18.7. The molecule has 0 saturated carbocycles. The van der Waals surface area contributed by atoms with E-state index in [2.05, 4.69) is 20.8 Å². The molecule has 0 radical (unpaired) electrons. The first-order chi connectivity index (χ1) is 11.6. The molecule has 0 heterocycles. The van der Waals surface area contributed by atoms with Crippen molar-refractivity contribution >= 4 is 5.97 Å². The van der Waals surface area contributed by atoms with Crippen LogP contribution in [0.25, 0.3) is 0 Å². The molecule has 2 rings (SSSR count). The molecule has 0 aliphatic rings. The number of carbonyl (C=O) groups excluding carboxylic acids is 1. The van der Waals surface area contributed by atoms with Crippen molar-refractivity contribution in [1.82, 2.24) is 0 Å². The minimum absolute atomic E-state index is 0.0518. The van der Waals surface area contributed by atoms with Gasteiger partial charge in [0.15, 0.2) is 0 Å². The number of phenols is 1. The third-order valence-electron chi connectivity index (χ3n) is 4.16. The fourth-order valence-electron chi connectivity index (χ4n) is 2.65. The quantitative estimate of drug-likeness (QED) is 0.826. The molecule has 0 saturated heterocycles. The van der Waals surface area contributed by atoms with Crippen molar-refractivity contribution in [1.29, 1.82) is 0 Å². The largest absolute Gasteiger partial charge is 0.508 e. The van der Waals surface area contributed by atoms with Crippen LogP contribution in [0.3, 0.4) is 0 Å². The summed E-state index contributed by atoms with van der Waals surface area (Å²) in [5.74, 6) is 0.349. The van der Waals surface area contributed by atoms with Crippen molar-refractivity contribution in [2.45, 2.75) is 45.1 Å². The van der Waals surface area contributed by atoms with Gasteiger partial charge in [0.25, 0.3) is 0 Å². The maximum absolute atomic E-state index is 12.3. The molecule has 2 aromatic rings. The second-order valence-electron chi connectivity index (χ2n) is 7.44. The molecule has 1 N–H and O–H groups in total. The first-order valence-electron chi connectivity index (χ1n) is 8.30. The van der Waals surface area contributed by atoms with Gasteiger partial charge in [0.1, 0.15) is 11.5 Å². The highest BCUT2D eigenvalue weighted by molar-refractivity contribution is 5.80. The lowest BCUT2D eigenvalue weighted by Crippen LogP contribution is -2.44. The van der Waals surface area contributed by atoms with Gasteiger partial charge in [-0.05, 0) is 47.7 Å². The topological polar surface area (TPSA) is 55.8 Å². The number of hydrogen-bond donors (Lipinski definition) is 1. The van der Waals surface area contributed by atoms with Gasteiger partial charge < -0.3 is 14.6 Å². The van der Waals surface area contributed by atoms with Crippen LogP contribution in [-0.4, -0.2) is 23.8 Å². The maximum Gasteiger partial charge on any atom is 0.350 e. The summed E-state index contributed by atoms with van der Waals surface area (Å²) in [6.07, 6.45) is 0.334. The highest BCUT2D eigenvalue weighted by atomic mass is 16.6. The average molecular weight is 342 g/mol. The Kier molecular flexibility index (Phi) is 5.41. The highest BCUT2D eigenvalue weighted by Crippen LogP contribution is 2.28. The summed E-state index contributed by atoms with van der Waals surface area (Å²) in [5, 5.41) is 9.41. The number of methoxy groups -OCH3 is 1. The van der Waals surface area contributed by atoms with Crippen molar-refractivity contribution in [2.24, 2.45) is 0 Å². The summed E-state index contributed by atoms with van der Waals surface area (Å²) in [5.41, 5.74) is 0.959. The van der Waals surface area contributed by atoms with Crippen LogP contribution in [0.2, 0.25) is 0 Å². The molecule has 4 nitrogen and oxygen atoms in total. The van der Waals surface area contributed by atoms with Gasteiger partial charge in [0, 0.05) is 6.42 Å². The minimum Gasteiger partial charge on any atom is -0.508 e. The monoisotopic (exact) mass is 342 g/mol. The van der Waals surface area contributed by atoms with Gasteiger partial charge in [0.2, 0.25) is 5.60 Å². The Morgan fingerprint density at radius 3 is 2.00 bits per heavy atom. The van der Waals surface area contributed by atoms with Crippen LogP contribution < -0.4 is 4.74 Å². The average Bonchev–Trinajstić information content (AvgIpc) is 2.56. The number of hydrogen-bond acceptors (Lipinski definition) is 4. The predicted octanol–water partition coefficient (Wildman–Crippen LogP) is 4.24. The van der Waals surface area contributed by atoms with Crippen molar-refractivity contribution in [3.05, 3.63) is 59.7 Å². The van der Waals surface area contributed by atoms with Gasteiger partial charge in [-0.15, -0.1) is 0 Å². The van der Waals surface area contributed by atoms with Crippen molar-refractivity contribution in [2.75, 3.05) is 7.11 Å². The molecular formula is C21H26O4. The smallest absolute Gasteiger partial charge is 0.350 e. The SMILES string of the molecule is COC(=O)C(C)(Cc1ccc(O)cc1)Oc1ccc(C(C)(C)C)cc1. The van der Waals surface area contributed by atoms with Crippen molar-refractivity contribution < 1.29 is 19.4 Å². The number of esters is 1. The van der Waals surface area contributed by atoms with E-state index < -0.39 is 11.6 Å². The van der Waals surface area contributed by atoms with Gasteiger partial charge in [-0.1, -0.05) is 45.0 Å². The number of carbonyl (C=O) groups is 1. The lowest BCUT2D eigenvalue weighted by molar-refractivity contribution is -0.157. The standard InChI is InChI=1S/C21H26O4/c1-20(2,3)16-8-12-18(13-9-16)25-21(4,19(23)24-5)14-15-6-10-17(22)11-7-15/h6-13,22H,14H2,1-5H3. The van der Waals surface area contributed by atoms with Crippen molar-refractivity contribution in [3.8, 4) is 11.5 Å². The van der Waals surface area contributed by atoms with Crippen LogP contribution in [0.5, 0.6) is 11.5 Å². The van der Waals surface area contributed by atoms with Crippen LogP contribution in [0.15, 0.2) is 48.5 Å². The normalized spacial score (nSPS) is 13.8. The van der Waals surface area contributed by atoms with Gasteiger partial charge in [0.05, 0.1) is 7.11 Å². The summed E-state index contributed by atoms with van der Waals surface area (Å²) >= 11 is 0. The zero-order valence-electron chi connectivity index (χ0n) is 15.5. The molecule has 0 fully saturated rings. The summed E-state index contributed by atoms with van der Waals surface area (Å²) < 4.78 is 11.0. The number of phenolic OH excluding ortho intramolecular Hbond substituents is 1. The Morgan fingerprint density at radius 1 is 0.960 bits per heavy atom. The fourth-order valence-corrected chi connectivity index (χ4v) is 2.65. The second-order valence-corrected chi connectivity index (χ2v) is 7.44. The van der Waals surface area contributed by atoms with E-state index in [4.69, 9.17) is 9.47 Å². The van der Waals surface area contributed by atoms with E-state index in [1.165, 1.54) is 12.7 Å². The summed E-state index contributed by atoms with van der Waals surface area (Å²) in [6.45, 7) is 8.15. The van der Waals surface area contributed by atoms with Gasteiger partial charge >= 0.3 is 5.97 Å². The zero-order valence-corrected chi connectivity index (χ0v) is 15.5. The van der Waals surface area contributed by atoms with Crippen LogP contribution in [0, 0.1) is 0 Å². The molecule has 0 aromatic heterocycles. The summed E-state index contributed by atoms with van der Waals surface area (Å²) in [4.78, 5) is 12.3. The van der Waals surface area contributed by atoms with E-state index in [9.17, 15) is 9.90 Å². The van der Waals surface area contributed by atoms with E-state index in [1.54, 1.807) is 31.2 Å². The third-order valence-corrected chi connectivity index (χ3v) is 4.16. The van der Waals surface area contributed by atoms with E-state index >= 15 is 0 Å². The third kappa shape index (κ3) is 4.75. The molecule has 1 atom stereocenters. The van der Waals surface area contributed by atoms with Gasteiger partial charge in [-0.3, -0.25) is 0 Å². The molecule has 0 aliphatic heterocycles. The molecule has 2 aromatic carbocycles. The lowest BCUT2D eigenvalue weighted by atomic mass is 9.87. The van der Waals surface area contributed by atoms with Crippen LogP contribution >= 0.6 is 0 Å². The Morgan fingerprint density at radius 2 is 1.52 bits per heavy atom.